The van der Waals surface area contributed by atoms with E-state index in [1.54, 1.807) is 0 Å². The fourth-order valence-corrected chi connectivity index (χ4v) is 1.74. The van der Waals surface area contributed by atoms with E-state index >= 15 is 0 Å². The molecule has 0 saturated heterocycles. The summed E-state index contributed by atoms with van der Waals surface area (Å²) in [4.78, 5) is 2.32. The number of rotatable bonds is 2. The molecule has 0 radical (unpaired) electrons. The Labute approximate surface area is 78.3 Å². The van der Waals surface area contributed by atoms with Crippen molar-refractivity contribution in [3.63, 3.8) is 0 Å². The maximum Gasteiger partial charge on any atom is 0.152 e. The maximum atomic E-state index is 4.26. The zero-order valence-electron chi connectivity index (χ0n) is 8.22. The molecule has 1 aromatic rings. The fraction of sp³-hybridized carbons (Fsp3) is 0.667. The summed E-state index contributed by atoms with van der Waals surface area (Å²) >= 11 is 0. The van der Waals surface area contributed by atoms with Gasteiger partial charge in [0, 0.05) is 37.3 Å². The Bertz CT molecular complexity index is 292. The largest absolute Gasteiger partial charge is 0.369 e. The lowest BCUT2D eigenvalue weighted by molar-refractivity contribution is 0.312. The summed E-state index contributed by atoms with van der Waals surface area (Å²) in [6.45, 7) is 5.16. The second kappa shape index (κ2) is 3.38. The zero-order chi connectivity index (χ0) is 9.26. The highest BCUT2D eigenvalue weighted by Gasteiger charge is 2.18. The van der Waals surface area contributed by atoms with Crippen molar-refractivity contribution in [3.05, 3.63) is 11.3 Å². The van der Waals surface area contributed by atoms with Gasteiger partial charge in [0.15, 0.2) is 5.82 Å². The molecule has 0 aromatic carbocycles. The molecule has 1 aliphatic heterocycles. The fourth-order valence-electron chi connectivity index (χ4n) is 1.74. The van der Waals surface area contributed by atoms with Gasteiger partial charge in [0.1, 0.15) is 0 Å². The minimum absolute atomic E-state index is 0.932. The second-order valence-electron chi connectivity index (χ2n) is 3.55. The first kappa shape index (κ1) is 8.56. The van der Waals surface area contributed by atoms with Crippen LogP contribution in [0.4, 0.5) is 5.82 Å². The SMILES string of the molecule is CCNc1n[nH]c2c1CN(C)CC2. The molecule has 2 heterocycles. The monoisotopic (exact) mass is 180 g/mol. The molecule has 1 aromatic heterocycles. The molecule has 72 valence electrons. The molecule has 1 aliphatic rings. The summed E-state index contributed by atoms with van der Waals surface area (Å²) in [7, 11) is 2.14. The number of nitrogens with one attached hydrogen (secondary N) is 2. The smallest absolute Gasteiger partial charge is 0.152 e. The topological polar surface area (TPSA) is 44.0 Å². The van der Waals surface area contributed by atoms with Crippen molar-refractivity contribution < 1.29 is 0 Å². The highest BCUT2D eigenvalue weighted by atomic mass is 15.2. The molecule has 0 saturated carbocycles. The lowest BCUT2D eigenvalue weighted by atomic mass is 10.1. The van der Waals surface area contributed by atoms with E-state index in [1.807, 2.05) is 0 Å². The highest BCUT2D eigenvalue weighted by molar-refractivity contribution is 5.47. The third-order valence-electron chi connectivity index (χ3n) is 2.47. The lowest BCUT2D eigenvalue weighted by Crippen LogP contribution is -2.26. The van der Waals surface area contributed by atoms with E-state index in [4.69, 9.17) is 0 Å². The van der Waals surface area contributed by atoms with Crippen LogP contribution in [-0.2, 0) is 13.0 Å². The van der Waals surface area contributed by atoms with Gasteiger partial charge in [-0.05, 0) is 14.0 Å². The van der Waals surface area contributed by atoms with Gasteiger partial charge >= 0.3 is 0 Å². The molecule has 4 heteroatoms. The second-order valence-corrected chi connectivity index (χ2v) is 3.55. The first-order valence-corrected chi connectivity index (χ1v) is 4.79. The molecule has 2 rings (SSSR count). The van der Waals surface area contributed by atoms with Gasteiger partial charge in [0.2, 0.25) is 0 Å². The summed E-state index contributed by atoms with van der Waals surface area (Å²) in [6, 6.07) is 0. The summed E-state index contributed by atoms with van der Waals surface area (Å²) in [5.41, 5.74) is 2.64. The van der Waals surface area contributed by atoms with Crippen molar-refractivity contribution in [3.8, 4) is 0 Å². The molecule has 2 N–H and O–H groups in total. The van der Waals surface area contributed by atoms with E-state index in [-0.39, 0.29) is 0 Å². The van der Waals surface area contributed by atoms with Crippen LogP contribution in [0.1, 0.15) is 18.2 Å². The Kier molecular flexibility index (Phi) is 2.22. The molecule has 13 heavy (non-hydrogen) atoms. The number of nitrogens with zero attached hydrogens (tertiary/aromatic N) is 2. The number of anilines is 1. The van der Waals surface area contributed by atoms with E-state index in [0.717, 1.165) is 31.9 Å². The molecule has 0 spiro atoms. The molecule has 0 amide bonds. The number of H-pyrrole nitrogens is 1. The molecule has 0 unspecified atom stereocenters. The Morgan fingerprint density at radius 3 is 3.23 bits per heavy atom. The van der Waals surface area contributed by atoms with Crippen molar-refractivity contribution >= 4 is 5.82 Å². The van der Waals surface area contributed by atoms with Crippen molar-refractivity contribution in [2.75, 3.05) is 25.5 Å². The van der Waals surface area contributed by atoms with Gasteiger partial charge < -0.3 is 10.2 Å². The van der Waals surface area contributed by atoms with Crippen LogP contribution in [0, 0.1) is 0 Å². The standard InChI is InChI=1S/C9H16N4/c1-3-10-9-7-6-13(2)5-4-8(7)11-12-9/h3-6H2,1-2H3,(H2,10,11,12). The van der Waals surface area contributed by atoms with Crippen LogP contribution in [0.15, 0.2) is 0 Å². The van der Waals surface area contributed by atoms with Gasteiger partial charge in [-0.2, -0.15) is 5.10 Å². The molecule has 0 atom stereocenters. The summed E-state index contributed by atoms with van der Waals surface area (Å²) in [6.07, 6.45) is 1.09. The number of hydrogen-bond donors (Lipinski definition) is 2. The van der Waals surface area contributed by atoms with Crippen LogP contribution in [0.25, 0.3) is 0 Å². The summed E-state index contributed by atoms with van der Waals surface area (Å²) in [5.74, 6) is 1.03. The van der Waals surface area contributed by atoms with Crippen LogP contribution >= 0.6 is 0 Å². The predicted octanol–water partition coefficient (Wildman–Crippen LogP) is 0.829. The van der Waals surface area contributed by atoms with Gasteiger partial charge in [-0.25, -0.2) is 0 Å². The molecule has 0 aliphatic carbocycles. The van der Waals surface area contributed by atoms with Gasteiger partial charge in [-0.1, -0.05) is 0 Å². The maximum absolute atomic E-state index is 4.26. The average molecular weight is 180 g/mol. The molecule has 0 bridgehead atoms. The molecule has 0 fully saturated rings. The Morgan fingerprint density at radius 2 is 2.46 bits per heavy atom. The highest BCUT2D eigenvalue weighted by Crippen LogP contribution is 2.22. The van der Waals surface area contributed by atoms with Gasteiger partial charge in [-0.3, -0.25) is 5.10 Å². The van der Waals surface area contributed by atoms with Gasteiger partial charge in [0.25, 0.3) is 0 Å². The third kappa shape index (κ3) is 1.54. The Balaban J connectivity index is 2.25. The van der Waals surface area contributed by atoms with E-state index in [9.17, 15) is 0 Å². The van der Waals surface area contributed by atoms with Crippen molar-refractivity contribution in [1.29, 1.82) is 0 Å². The summed E-state index contributed by atoms with van der Waals surface area (Å²) < 4.78 is 0. The van der Waals surface area contributed by atoms with E-state index in [1.165, 1.54) is 11.3 Å². The van der Waals surface area contributed by atoms with E-state index < -0.39 is 0 Å². The van der Waals surface area contributed by atoms with Crippen LogP contribution in [0.3, 0.4) is 0 Å². The third-order valence-corrected chi connectivity index (χ3v) is 2.47. The van der Waals surface area contributed by atoms with Crippen molar-refractivity contribution in [2.45, 2.75) is 19.9 Å². The number of hydrogen-bond acceptors (Lipinski definition) is 3. The minimum atomic E-state index is 0.932. The molecular formula is C9H16N4. The average Bonchev–Trinajstić information content (AvgIpc) is 2.49. The predicted molar refractivity (Wildman–Crippen MR) is 52.8 cm³/mol. The number of aromatic nitrogens is 2. The normalized spacial score (nSPS) is 17.1. The van der Waals surface area contributed by atoms with Crippen molar-refractivity contribution in [1.82, 2.24) is 15.1 Å². The zero-order valence-corrected chi connectivity index (χ0v) is 8.22. The first-order chi connectivity index (χ1) is 6.31. The number of aromatic amines is 1. The number of fused-ring (bicyclic) bond motifs is 1. The van der Waals surface area contributed by atoms with Gasteiger partial charge in [-0.15, -0.1) is 0 Å². The van der Waals surface area contributed by atoms with E-state index in [2.05, 4.69) is 34.4 Å². The van der Waals surface area contributed by atoms with Gasteiger partial charge in [0.05, 0.1) is 0 Å². The molecule has 4 nitrogen and oxygen atoms in total. The Hall–Kier alpha value is -1.03. The first-order valence-electron chi connectivity index (χ1n) is 4.79. The van der Waals surface area contributed by atoms with Crippen LogP contribution in [0.2, 0.25) is 0 Å². The van der Waals surface area contributed by atoms with Crippen LogP contribution < -0.4 is 5.32 Å². The number of likely N-dealkylation sites (N-methyl/N-ethyl adjacent to an activating group) is 1. The molecular weight excluding hydrogens is 164 g/mol. The van der Waals surface area contributed by atoms with E-state index in [0.29, 0.717) is 0 Å². The van der Waals surface area contributed by atoms with Crippen LogP contribution in [-0.4, -0.2) is 35.2 Å². The lowest BCUT2D eigenvalue weighted by Gasteiger charge is -2.22. The Morgan fingerprint density at radius 1 is 1.62 bits per heavy atom. The summed E-state index contributed by atoms with van der Waals surface area (Å²) in [5, 5.41) is 10.6. The minimum Gasteiger partial charge on any atom is -0.369 e. The van der Waals surface area contributed by atoms with Crippen LogP contribution in [0.5, 0.6) is 0 Å². The quantitative estimate of drug-likeness (QED) is 0.708. The van der Waals surface area contributed by atoms with Crippen molar-refractivity contribution in [2.24, 2.45) is 0 Å².